The lowest BCUT2D eigenvalue weighted by molar-refractivity contribution is 0.197. The van der Waals surface area contributed by atoms with E-state index in [-0.39, 0.29) is 6.04 Å². The summed E-state index contributed by atoms with van der Waals surface area (Å²) >= 11 is 5.41. The van der Waals surface area contributed by atoms with Crippen molar-refractivity contribution in [3.05, 3.63) is 50.6 Å². The minimum Gasteiger partial charge on any atom is -0.496 e. The van der Waals surface area contributed by atoms with Crippen LogP contribution >= 0.6 is 27.3 Å². The molecule has 21 heavy (non-hydrogen) atoms. The molecule has 2 heterocycles. The third kappa shape index (κ3) is 3.31. The average molecular weight is 367 g/mol. The molecule has 0 unspecified atom stereocenters. The highest BCUT2D eigenvalue weighted by atomic mass is 79.9. The Hall–Kier alpha value is -0.880. The number of piperazine rings is 1. The minimum atomic E-state index is 0.263. The first kappa shape index (κ1) is 15.0. The zero-order valence-electron chi connectivity index (χ0n) is 12.0. The van der Waals surface area contributed by atoms with E-state index in [1.54, 1.807) is 7.11 Å². The molecule has 1 N–H and O–H groups in total. The maximum absolute atomic E-state index is 5.61. The highest BCUT2D eigenvalue weighted by Crippen LogP contribution is 2.38. The number of thiophene rings is 1. The zero-order valence-corrected chi connectivity index (χ0v) is 14.4. The summed E-state index contributed by atoms with van der Waals surface area (Å²) < 4.78 is 6.70. The molecule has 0 spiro atoms. The van der Waals surface area contributed by atoms with Gasteiger partial charge in [0.05, 0.1) is 13.2 Å². The maximum atomic E-state index is 5.61. The van der Waals surface area contributed by atoms with Gasteiger partial charge >= 0.3 is 0 Å². The first-order valence-electron chi connectivity index (χ1n) is 7.11. The molecule has 0 bridgehead atoms. The number of benzene rings is 1. The normalized spacial score (nSPS) is 17.6. The van der Waals surface area contributed by atoms with E-state index in [0.29, 0.717) is 0 Å². The van der Waals surface area contributed by atoms with E-state index in [0.717, 1.165) is 36.4 Å². The molecular weight excluding hydrogens is 348 g/mol. The van der Waals surface area contributed by atoms with Gasteiger partial charge in [-0.1, -0.05) is 22.0 Å². The molecule has 1 aliphatic rings. The summed E-state index contributed by atoms with van der Waals surface area (Å²) in [5.41, 5.74) is 1.23. The fraction of sp³-hybridized carbons (Fsp3) is 0.375. The van der Waals surface area contributed by atoms with Crippen LogP contribution in [0.2, 0.25) is 0 Å². The Bertz CT molecular complexity index is 582. The van der Waals surface area contributed by atoms with Crippen LogP contribution in [-0.2, 0) is 0 Å². The van der Waals surface area contributed by atoms with Gasteiger partial charge in [-0.05, 0) is 29.6 Å². The van der Waals surface area contributed by atoms with Crippen molar-refractivity contribution < 1.29 is 4.74 Å². The Balaban J connectivity index is 2.04. The Labute approximate surface area is 138 Å². The van der Waals surface area contributed by atoms with Crippen molar-refractivity contribution in [2.75, 3.05) is 33.3 Å². The van der Waals surface area contributed by atoms with Gasteiger partial charge in [0.1, 0.15) is 5.75 Å². The van der Waals surface area contributed by atoms with Crippen LogP contribution in [0.15, 0.2) is 40.2 Å². The smallest absolute Gasteiger partial charge is 0.124 e. The molecule has 0 radical (unpaired) electrons. The molecule has 2 aromatic rings. The van der Waals surface area contributed by atoms with Gasteiger partial charge < -0.3 is 10.1 Å². The topological polar surface area (TPSA) is 24.5 Å². The van der Waals surface area contributed by atoms with E-state index in [2.05, 4.69) is 49.7 Å². The molecule has 0 amide bonds. The van der Waals surface area contributed by atoms with Crippen molar-refractivity contribution in [1.29, 1.82) is 0 Å². The van der Waals surface area contributed by atoms with Crippen LogP contribution in [-0.4, -0.2) is 38.2 Å². The fourth-order valence-corrected chi connectivity index (χ4v) is 4.09. The van der Waals surface area contributed by atoms with Crippen LogP contribution in [0.1, 0.15) is 16.5 Å². The second-order valence-electron chi connectivity index (χ2n) is 5.09. The Morgan fingerprint density at radius 2 is 2.10 bits per heavy atom. The summed E-state index contributed by atoms with van der Waals surface area (Å²) in [6.45, 7) is 4.19. The summed E-state index contributed by atoms with van der Waals surface area (Å²) in [6.07, 6.45) is 0. The molecule has 1 aromatic heterocycles. The monoisotopic (exact) mass is 366 g/mol. The van der Waals surface area contributed by atoms with Gasteiger partial charge in [0, 0.05) is 41.1 Å². The standard InChI is InChI=1S/C16H19BrN2OS/c1-20-14-5-4-12(17)11-13(14)16(15-3-2-10-21-15)19-8-6-18-7-9-19/h2-5,10-11,16,18H,6-9H2,1H3/t16-/m0/s1. The summed E-state index contributed by atoms with van der Waals surface area (Å²) in [7, 11) is 1.75. The third-order valence-corrected chi connectivity index (χ3v) is 5.23. The number of rotatable bonds is 4. The van der Waals surface area contributed by atoms with Gasteiger partial charge in [0.25, 0.3) is 0 Å². The summed E-state index contributed by atoms with van der Waals surface area (Å²) in [5, 5.41) is 5.58. The van der Waals surface area contributed by atoms with Crippen LogP contribution in [0.4, 0.5) is 0 Å². The Morgan fingerprint density at radius 3 is 2.76 bits per heavy atom. The molecule has 5 heteroatoms. The van der Waals surface area contributed by atoms with Crippen molar-refractivity contribution in [2.24, 2.45) is 0 Å². The van der Waals surface area contributed by atoms with E-state index in [1.165, 1.54) is 10.4 Å². The molecule has 1 fully saturated rings. The molecular formula is C16H19BrN2OS. The third-order valence-electron chi connectivity index (χ3n) is 3.82. The molecule has 1 aromatic carbocycles. The maximum Gasteiger partial charge on any atom is 0.124 e. The van der Waals surface area contributed by atoms with E-state index in [1.807, 2.05) is 23.5 Å². The predicted molar refractivity (Wildman–Crippen MR) is 91.3 cm³/mol. The second-order valence-corrected chi connectivity index (χ2v) is 6.99. The predicted octanol–water partition coefficient (Wildman–Crippen LogP) is 3.51. The van der Waals surface area contributed by atoms with Gasteiger partial charge in [0.2, 0.25) is 0 Å². The molecule has 1 aliphatic heterocycles. The highest BCUT2D eigenvalue weighted by Gasteiger charge is 2.27. The Morgan fingerprint density at radius 1 is 1.29 bits per heavy atom. The van der Waals surface area contributed by atoms with Crippen LogP contribution in [0.3, 0.4) is 0 Å². The van der Waals surface area contributed by atoms with Crippen molar-refractivity contribution in [1.82, 2.24) is 10.2 Å². The molecule has 3 rings (SSSR count). The number of halogens is 1. The minimum absolute atomic E-state index is 0.263. The molecule has 0 aliphatic carbocycles. The molecule has 112 valence electrons. The summed E-state index contributed by atoms with van der Waals surface area (Å²) in [6, 6.07) is 10.9. The van der Waals surface area contributed by atoms with Crippen LogP contribution in [0.25, 0.3) is 0 Å². The molecule has 1 saturated heterocycles. The zero-order chi connectivity index (χ0) is 14.7. The van der Waals surface area contributed by atoms with Crippen LogP contribution in [0.5, 0.6) is 5.75 Å². The van der Waals surface area contributed by atoms with Gasteiger partial charge in [-0.2, -0.15) is 0 Å². The first-order valence-corrected chi connectivity index (χ1v) is 8.78. The van der Waals surface area contributed by atoms with E-state index in [4.69, 9.17) is 4.74 Å². The van der Waals surface area contributed by atoms with E-state index in [9.17, 15) is 0 Å². The van der Waals surface area contributed by atoms with Gasteiger partial charge in [0.15, 0.2) is 0 Å². The molecule has 3 nitrogen and oxygen atoms in total. The SMILES string of the molecule is COc1ccc(Br)cc1[C@@H](c1cccs1)N1CCNCC1. The van der Waals surface area contributed by atoms with Crippen LogP contribution < -0.4 is 10.1 Å². The van der Waals surface area contributed by atoms with E-state index < -0.39 is 0 Å². The van der Waals surface area contributed by atoms with Crippen molar-refractivity contribution in [2.45, 2.75) is 6.04 Å². The number of ether oxygens (including phenoxy) is 1. The van der Waals surface area contributed by atoms with Gasteiger partial charge in [-0.25, -0.2) is 0 Å². The number of methoxy groups -OCH3 is 1. The lowest BCUT2D eigenvalue weighted by Gasteiger charge is -2.35. The molecule has 1 atom stereocenters. The van der Waals surface area contributed by atoms with Gasteiger partial charge in [-0.15, -0.1) is 11.3 Å². The fourth-order valence-electron chi connectivity index (χ4n) is 2.84. The number of hydrogen-bond acceptors (Lipinski definition) is 4. The van der Waals surface area contributed by atoms with Crippen LogP contribution in [0, 0.1) is 0 Å². The van der Waals surface area contributed by atoms with Crippen molar-refractivity contribution >= 4 is 27.3 Å². The Kier molecular flexibility index (Phi) is 4.95. The summed E-state index contributed by atoms with van der Waals surface area (Å²) in [4.78, 5) is 3.90. The average Bonchev–Trinajstić information content (AvgIpc) is 3.03. The highest BCUT2D eigenvalue weighted by molar-refractivity contribution is 9.10. The molecule has 0 saturated carbocycles. The number of nitrogens with one attached hydrogen (secondary N) is 1. The second kappa shape index (κ2) is 6.92. The van der Waals surface area contributed by atoms with Gasteiger partial charge in [-0.3, -0.25) is 4.90 Å². The summed E-state index contributed by atoms with van der Waals surface area (Å²) in [5.74, 6) is 0.954. The van der Waals surface area contributed by atoms with E-state index >= 15 is 0 Å². The largest absolute Gasteiger partial charge is 0.496 e. The number of nitrogens with zero attached hydrogens (tertiary/aromatic N) is 1. The quantitative estimate of drug-likeness (QED) is 0.895. The van der Waals surface area contributed by atoms with Crippen molar-refractivity contribution in [3.63, 3.8) is 0 Å². The lowest BCUT2D eigenvalue weighted by atomic mass is 10.0. The lowest BCUT2D eigenvalue weighted by Crippen LogP contribution is -2.45. The first-order chi connectivity index (χ1) is 10.3. The van der Waals surface area contributed by atoms with Crippen molar-refractivity contribution in [3.8, 4) is 5.75 Å². The number of hydrogen-bond donors (Lipinski definition) is 1.